The van der Waals surface area contributed by atoms with Gasteiger partial charge in [-0.3, -0.25) is 4.79 Å². The number of carbonyl (C=O) groups excluding carboxylic acids is 1. The molecule has 36 heavy (non-hydrogen) atoms. The van der Waals surface area contributed by atoms with Crippen LogP contribution in [0.15, 0.2) is 47.5 Å². The molecule has 4 aromatic rings. The summed E-state index contributed by atoms with van der Waals surface area (Å²) in [5, 5.41) is 23.3. The van der Waals surface area contributed by atoms with Crippen LogP contribution in [0.1, 0.15) is 30.0 Å². The lowest BCUT2D eigenvalue weighted by Gasteiger charge is -2.13. The number of nitriles is 2. The van der Waals surface area contributed by atoms with Crippen LogP contribution in [-0.4, -0.2) is 28.2 Å². The Labute approximate surface area is 216 Å². The summed E-state index contributed by atoms with van der Waals surface area (Å²) in [5.41, 5.74) is 9.52. The fraction of sp³-hybridized carbons (Fsp3) is 0.192. The normalized spacial score (nSPS) is 10.6. The summed E-state index contributed by atoms with van der Waals surface area (Å²) in [5.74, 6) is 0.979. The monoisotopic (exact) mass is 514 g/mol. The number of nitrogen functional groups attached to an aromatic ring is 1. The first-order valence-corrected chi connectivity index (χ1v) is 12.9. The van der Waals surface area contributed by atoms with Crippen molar-refractivity contribution in [3.8, 4) is 29.0 Å². The lowest BCUT2D eigenvalue weighted by molar-refractivity contribution is -0.115. The zero-order valence-corrected chi connectivity index (χ0v) is 21.3. The van der Waals surface area contributed by atoms with Crippen molar-refractivity contribution in [2.24, 2.45) is 0 Å². The molecule has 0 radical (unpaired) electrons. The van der Waals surface area contributed by atoms with Gasteiger partial charge in [0.25, 0.3) is 0 Å². The molecule has 0 aliphatic rings. The molecular formula is C26H22N6O2S2. The minimum Gasteiger partial charge on any atom is -0.494 e. The first-order valence-electron chi connectivity index (χ1n) is 11.1. The first-order chi connectivity index (χ1) is 17.4. The maximum Gasteiger partial charge on any atom is 0.226 e. The number of rotatable bonds is 8. The third-order valence-electron chi connectivity index (χ3n) is 5.24. The predicted octanol–water partition coefficient (Wildman–Crippen LogP) is 5.51. The molecule has 0 saturated carbocycles. The third-order valence-corrected chi connectivity index (χ3v) is 7.15. The molecule has 0 unspecified atom stereocenters. The Balaban J connectivity index is 1.48. The molecule has 2 aromatic carbocycles. The van der Waals surface area contributed by atoms with E-state index in [-0.39, 0.29) is 29.3 Å². The van der Waals surface area contributed by atoms with E-state index in [0.717, 1.165) is 21.5 Å². The summed E-state index contributed by atoms with van der Waals surface area (Å²) in [6.07, 6.45) is 0.178. The number of fused-ring (bicyclic) bond motifs is 1. The van der Waals surface area contributed by atoms with Gasteiger partial charge in [0.05, 0.1) is 22.4 Å². The third kappa shape index (κ3) is 5.41. The second-order valence-corrected chi connectivity index (χ2v) is 9.86. The van der Waals surface area contributed by atoms with E-state index in [1.807, 2.05) is 56.3 Å². The summed E-state index contributed by atoms with van der Waals surface area (Å²) >= 11 is 2.63. The Morgan fingerprint density at radius 1 is 1.14 bits per heavy atom. The fourth-order valence-corrected chi connectivity index (χ4v) is 5.39. The Morgan fingerprint density at radius 2 is 1.89 bits per heavy atom. The summed E-state index contributed by atoms with van der Waals surface area (Å²) in [6, 6.07) is 17.4. The van der Waals surface area contributed by atoms with E-state index in [1.165, 1.54) is 23.1 Å². The molecule has 0 spiro atoms. The van der Waals surface area contributed by atoms with Crippen LogP contribution in [0.25, 0.3) is 21.3 Å². The number of ether oxygens (including phenoxy) is 1. The highest BCUT2D eigenvalue weighted by atomic mass is 32.2. The lowest BCUT2D eigenvalue weighted by atomic mass is 9.96. The number of nitrogens with zero attached hydrogens (tertiary/aromatic N) is 4. The second kappa shape index (κ2) is 11.1. The number of nitrogens with two attached hydrogens (primary N) is 1. The van der Waals surface area contributed by atoms with E-state index >= 15 is 0 Å². The van der Waals surface area contributed by atoms with Crippen LogP contribution in [0.2, 0.25) is 0 Å². The van der Waals surface area contributed by atoms with Gasteiger partial charge in [0, 0.05) is 17.7 Å². The molecule has 10 heteroatoms. The zero-order chi connectivity index (χ0) is 25.7. The van der Waals surface area contributed by atoms with Crippen molar-refractivity contribution < 1.29 is 9.53 Å². The van der Waals surface area contributed by atoms with Crippen molar-refractivity contribution in [2.45, 2.75) is 25.3 Å². The number of amides is 1. The van der Waals surface area contributed by atoms with E-state index in [9.17, 15) is 15.3 Å². The standard InChI is InChI=1S/C26H22N6O2S2/c1-3-34-17-8-9-20-21(12-17)36-26(30-20)31-22(33)10-11-35-25-19(14-28)23(18(13-27)24(29)32-25)16-6-4-15(2)5-7-16/h4-9,12H,3,10-11H2,1-2H3,(H2,29,32)(H,30,31,33). The molecule has 0 aliphatic heterocycles. The summed E-state index contributed by atoms with van der Waals surface area (Å²) in [7, 11) is 0. The Hall–Kier alpha value is -4.12. The van der Waals surface area contributed by atoms with Gasteiger partial charge in [-0.1, -0.05) is 41.2 Å². The van der Waals surface area contributed by atoms with Crippen molar-refractivity contribution in [2.75, 3.05) is 23.4 Å². The highest BCUT2D eigenvalue weighted by Crippen LogP contribution is 2.36. The number of nitrogens with one attached hydrogen (secondary N) is 1. The Kier molecular flexibility index (Phi) is 7.69. The number of anilines is 2. The number of aromatic nitrogens is 2. The minimum absolute atomic E-state index is 0.0555. The maximum absolute atomic E-state index is 12.6. The maximum atomic E-state index is 12.6. The van der Waals surface area contributed by atoms with Crippen molar-refractivity contribution in [3.05, 3.63) is 59.2 Å². The van der Waals surface area contributed by atoms with E-state index < -0.39 is 0 Å². The molecule has 0 aliphatic carbocycles. The summed E-state index contributed by atoms with van der Waals surface area (Å²) in [6.45, 7) is 4.45. The molecule has 0 bridgehead atoms. The smallest absolute Gasteiger partial charge is 0.226 e. The molecule has 4 rings (SSSR count). The van der Waals surface area contributed by atoms with E-state index in [1.54, 1.807) is 0 Å². The molecule has 3 N–H and O–H groups in total. The molecule has 0 saturated heterocycles. The summed E-state index contributed by atoms with van der Waals surface area (Å²) < 4.78 is 6.44. The van der Waals surface area contributed by atoms with E-state index in [0.29, 0.717) is 33.6 Å². The lowest BCUT2D eigenvalue weighted by Crippen LogP contribution is -2.12. The van der Waals surface area contributed by atoms with Crippen LogP contribution < -0.4 is 15.8 Å². The minimum atomic E-state index is -0.203. The highest BCUT2D eigenvalue weighted by molar-refractivity contribution is 7.99. The molecule has 1 amide bonds. The number of hydrogen-bond donors (Lipinski definition) is 2. The molecule has 180 valence electrons. The van der Waals surface area contributed by atoms with E-state index in [2.05, 4.69) is 27.4 Å². The van der Waals surface area contributed by atoms with Gasteiger partial charge < -0.3 is 15.8 Å². The van der Waals surface area contributed by atoms with Gasteiger partial charge in [0.15, 0.2) is 5.13 Å². The predicted molar refractivity (Wildman–Crippen MR) is 143 cm³/mol. The van der Waals surface area contributed by atoms with Gasteiger partial charge in [0.2, 0.25) is 5.91 Å². The highest BCUT2D eigenvalue weighted by Gasteiger charge is 2.20. The van der Waals surface area contributed by atoms with Gasteiger partial charge in [-0.2, -0.15) is 10.5 Å². The number of thioether (sulfide) groups is 1. The van der Waals surface area contributed by atoms with Crippen LogP contribution in [0.5, 0.6) is 5.75 Å². The van der Waals surface area contributed by atoms with E-state index in [4.69, 9.17) is 10.5 Å². The molecule has 0 atom stereocenters. The molecular weight excluding hydrogens is 492 g/mol. The van der Waals surface area contributed by atoms with Crippen LogP contribution in [0, 0.1) is 29.6 Å². The number of pyridine rings is 1. The van der Waals surface area contributed by atoms with Gasteiger partial charge in [-0.15, -0.1) is 11.8 Å². The number of hydrogen-bond acceptors (Lipinski definition) is 9. The first kappa shape index (κ1) is 25.0. The Morgan fingerprint density at radius 3 is 2.58 bits per heavy atom. The largest absolute Gasteiger partial charge is 0.494 e. The molecule has 2 aromatic heterocycles. The average molecular weight is 515 g/mol. The van der Waals surface area contributed by atoms with Crippen molar-refractivity contribution in [1.29, 1.82) is 10.5 Å². The van der Waals surface area contributed by atoms with Crippen LogP contribution in [-0.2, 0) is 4.79 Å². The van der Waals surface area contributed by atoms with Crippen LogP contribution in [0.4, 0.5) is 10.9 Å². The van der Waals surface area contributed by atoms with Gasteiger partial charge in [-0.25, -0.2) is 9.97 Å². The number of carbonyl (C=O) groups is 1. The second-order valence-electron chi connectivity index (χ2n) is 7.75. The van der Waals surface area contributed by atoms with Crippen molar-refractivity contribution >= 4 is 50.2 Å². The van der Waals surface area contributed by atoms with Gasteiger partial charge >= 0.3 is 0 Å². The molecule has 0 fully saturated rings. The Bertz CT molecular complexity index is 1520. The fourth-order valence-electron chi connectivity index (χ4n) is 3.55. The van der Waals surface area contributed by atoms with Gasteiger partial charge in [-0.05, 0) is 37.6 Å². The topological polar surface area (TPSA) is 138 Å². The summed E-state index contributed by atoms with van der Waals surface area (Å²) in [4.78, 5) is 21.3. The van der Waals surface area contributed by atoms with Crippen molar-refractivity contribution in [1.82, 2.24) is 9.97 Å². The van der Waals surface area contributed by atoms with Crippen LogP contribution >= 0.6 is 23.1 Å². The molecule has 2 heterocycles. The number of benzene rings is 2. The quantitative estimate of drug-likeness (QED) is 0.294. The van der Waals surface area contributed by atoms with Gasteiger partial charge in [0.1, 0.15) is 34.3 Å². The number of thiazole rings is 1. The molecule has 8 nitrogen and oxygen atoms in total. The SMILES string of the molecule is CCOc1ccc2nc(NC(=O)CCSc3nc(N)c(C#N)c(-c4ccc(C)cc4)c3C#N)sc2c1. The van der Waals surface area contributed by atoms with Crippen molar-refractivity contribution in [3.63, 3.8) is 0 Å². The van der Waals surface area contributed by atoms with Crippen LogP contribution in [0.3, 0.4) is 0 Å². The number of aryl methyl sites for hydroxylation is 1. The average Bonchev–Trinajstić information content (AvgIpc) is 3.25. The zero-order valence-electron chi connectivity index (χ0n) is 19.7.